The van der Waals surface area contributed by atoms with Gasteiger partial charge in [-0.2, -0.15) is 0 Å². The van der Waals surface area contributed by atoms with Crippen LogP contribution in [-0.2, 0) is 4.74 Å². The first-order valence-electron chi connectivity index (χ1n) is 3.52. The Labute approximate surface area is 70.2 Å². The van der Waals surface area contributed by atoms with Crippen LogP contribution in [0.2, 0.25) is 5.15 Å². The molecule has 11 heavy (non-hydrogen) atoms. The van der Waals surface area contributed by atoms with Crippen LogP contribution in [-0.4, -0.2) is 11.6 Å². The van der Waals surface area contributed by atoms with Crippen LogP contribution < -0.4 is 0 Å². The minimum Gasteiger partial charge on any atom is -0.368 e. The van der Waals surface area contributed by atoms with Gasteiger partial charge < -0.3 is 4.74 Å². The third-order valence-corrected chi connectivity index (χ3v) is 2.00. The number of hydrogen-bond acceptors (Lipinski definition) is 2. The molecule has 0 aromatic carbocycles. The first-order valence-corrected chi connectivity index (χ1v) is 3.90. The van der Waals surface area contributed by atoms with Crippen LogP contribution in [0.15, 0.2) is 12.1 Å². The largest absolute Gasteiger partial charge is 0.368 e. The van der Waals surface area contributed by atoms with Crippen molar-refractivity contribution in [3.63, 3.8) is 0 Å². The van der Waals surface area contributed by atoms with Crippen LogP contribution in [0.5, 0.6) is 0 Å². The first-order chi connectivity index (χ1) is 5.27. The van der Waals surface area contributed by atoms with E-state index in [1.165, 1.54) is 0 Å². The summed E-state index contributed by atoms with van der Waals surface area (Å²) in [6, 6.07) is 3.92. The van der Waals surface area contributed by atoms with Crippen LogP contribution in [0.4, 0.5) is 0 Å². The Morgan fingerprint density at radius 2 is 2.36 bits per heavy atom. The molecular formula is C8H8ClNO. The van der Waals surface area contributed by atoms with Gasteiger partial charge in [-0.25, -0.2) is 4.98 Å². The van der Waals surface area contributed by atoms with E-state index in [-0.39, 0.29) is 6.10 Å². The monoisotopic (exact) mass is 169 g/mol. The minimum atomic E-state index is 0.204. The van der Waals surface area contributed by atoms with E-state index in [2.05, 4.69) is 4.98 Å². The van der Waals surface area contributed by atoms with E-state index < -0.39 is 0 Å². The molecule has 58 valence electrons. The van der Waals surface area contributed by atoms with E-state index in [9.17, 15) is 0 Å². The smallest absolute Gasteiger partial charge is 0.135 e. The highest BCUT2D eigenvalue weighted by Gasteiger charge is 2.27. The maximum absolute atomic E-state index is 5.87. The van der Waals surface area contributed by atoms with Crippen molar-refractivity contribution < 1.29 is 4.74 Å². The molecular weight excluding hydrogens is 162 g/mol. The predicted octanol–water partition coefficient (Wildman–Crippen LogP) is 2.11. The molecule has 1 unspecified atom stereocenters. The summed E-state index contributed by atoms with van der Waals surface area (Å²) in [5, 5.41) is 0.576. The van der Waals surface area contributed by atoms with Crippen molar-refractivity contribution in [1.29, 1.82) is 0 Å². The van der Waals surface area contributed by atoms with Crippen LogP contribution in [0.3, 0.4) is 0 Å². The second kappa shape index (κ2) is 2.47. The second-order valence-electron chi connectivity index (χ2n) is 2.65. The molecule has 1 atom stereocenters. The number of hydrogen-bond donors (Lipinski definition) is 0. The molecule has 0 bridgehead atoms. The lowest BCUT2D eigenvalue weighted by molar-refractivity contribution is 0.415. The number of aryl methyl sites for hydroxylation is 1. The van der Waals surface area contributed by atoms with Crippen molar-refractivity contribution in [2.75, 3.05) is 6.61 Å². The van der Waals surface area contributed by atoms with Crippen LogP contribution in [0.25, 0.3) is 0 Å². The highest BCUT2D eigenvalue weighted by molar-refractivity contribution is 6.30. The van der Waals surface area contributed by atoms with Crippen molar-refractivity contribution in [2.45, 2.75) is 13.0 Å². The standard InChI is InChI=1S/C8H8ClNO/c1-5-2-3-6(7-4-11-7)8(9)10-5/h2-3,7H,4H2,1H3. The molecule has 1 aromatic rings. The van der Waals surface area contributed by atoms with Gasteiger partial charge in [0.15, 0.2) is 0 Å². The molecule has 0 saturated carbocycles. The first kappa shape index (κ1) is 7.07. The summed E-state index contributed by atoms with van der Waals surface area (Å²) < 4.78 is 5.09. The number of aromatic nitrogens is 1. The van der Waals surface area contributed by atoms with Gasteiger partial charge in [-0.05, 0) is 13.0 Å². The molecule has 0 radical (unpaired) electrons. The molecule has 3 heteroatoms. The predicted molar refractivity (Wildman–Crippen MR) is 42.7 cm³/mol. The fourth-order valence-corrected chi connectivity index (χ4v) is 1.32. The van der Waals surface area contributed by atoms with Gasteiger partial charge >= 0.3 is 0 Å². The SMILES string of the molecule is Cc1ccc(C2CO2)c(Cl)n1. The zero-order chi connectivity index (χ0) is 7.84. The lowest BCUT2D eigenvalue weighted by Gasteiger charge is -1.98. The van der Waals surface area contributed by atoms with Gasteiger partial charge in [-0.15, -0.1) is 0 Å². The molecule has 1 saturated heterocycles. The molecule has 2 rings (SSSR count). The van der Waals surface area contributed by atoms with Crippen molar-refractivity contribution in [1.82, 2.24) is 4.98 Å². The topological polar surface area (TPSA) is 25.4 Å². The molecule has 1 aliphatic rings. The van der Waals surface area contributed by atoms with Gasteiger partial charge in [0.25, 0.3) is 0 Å². The zero-order valence-corrected chi connectivity index (χ0v) is 6.93. The molecule has 2 heterocycles. The van der Waals surface area contributed by atoms with Gasteiger partial charge in [-0.3, -0.25) is 0 Å². The van der Waals surface area contributed by atoms with Gasteiger partial charge in [-0.1, -0.05) is 17.7 Å². The Bertz CT molecular complexity index is 283. The molecule has 1 aliphatic heterocycles. The number of nitrogens with zero attached hydrogens (tertiary/aromatic N) is 1. The number of pyridine rings is 1. The maximum atomic E-state index is 5.87. The molecule has 2 nitrogen and oxygen atoms in total. The summed E-state index contributed by atoms with van der Waals surface area (Å²) in [7, 11) is 0. The third kappa shape index (κ3) is 1.37. The van der Waals surface area contributed by atoms with Crippen LogP contribution >= 0.6 is 11.6 Å². The maximum Gasteiger partial charge on any atom is 0.135 e. The van der Waals surface area contributed by atoms with E-state index in [0.717, 1.165) is 17.9 Å². The molecule has 1 aromatic heterocycles. The summed E-state index contributed by atoms with van der Waals surface area (Å²) in [5.41, 5.74) is 1.96. The van der Waals surface area contributed by atoms with Gasteiger partial charge in [0.2, 0.25) is 0 Å². The average molecular weight is 170 g/mol. The summed E-state index contributed by atoms with van der Waals surface area (Å²) in [6.07, 6.45) is 0.204. The molecule has 1 fully saturated rings. The van der Waals surface area contributed by atoms with Gasteiger partial charge in [0.05, 0.1) is 6.61 Å². The quantitative estimate of drug-likeness (QED) is 0.475. The van der Waals surface area contributed by atoms with Crippen molar-refractivity contribution >= 4 is 11.6 Å². The summed E-state index contributed by atoms with van der Waals surface area (Å²) in [5.74, 6) is 0. The number of halogens is 1. The highest BCUT2D eigenvalue weighted by Crippen LogP contribution is 2.33. The van der Waals surface area contributed by atoms with Gasteiger partial charge in [0, 0.05) is 11.3 Å². The highest BCUT2D eigenvalue weighted by atomic mass is 35.5. The Hall–Kier alpha value is -0.600. The van der Waals surface area contributed by atoms with E-state index >= 15 is 0 Å². The van der Waals surface area contributed by atoms with Crippen molar-refractivity contribution in [3.05, 3.63) is 28.5 Å². The summed E-state index contributed by atoms with van der Waals surface area (Å²) in [4.78, 5) is 4.12. The zero-order valence-electron chi connectivity index (χ0n) is 6.17. The van der Waals surface area contributed by atoms with E-state index in [4.69, 9.17) is 16.3 Å². The Morgan fingerprint density at radius 3 is 2.91 bits per heavy atom. The fourth-order valence-electron chi connectivity index (χ4n) is 1.00. The van der Waals surface area contributed by atoms with E-state index in [0.29, 0.717) is 5.15 Å². The lowest BCUT2D eigenvalue weighted by Crippen LogP contribution is -1.88. The molecule has 0 N–H and O–H groups in total. The minimum absolute atomic E-state index is 0.204. The van der Waals surface area contributed by atoms with Crippen molar-refractivity contribution in [3.8, 4) is 0 Å². The number of epoxide rings is 1. The summed E-state index contributed by atoms with van der Waals surface area (Å²) in [6.45, 7) is 2.70. The van der Waals surface area contributed by atoms with Gasteiger partial charge in [0.1, 0.15) is 11.3 Å². The Kier molecular flexibility index (Phi) is 1.59. The second-order valence-corrected chi connectivity index (χ2v) is 3.01. The number of rotatable bonds is 1. The fraction of sp³-hybridized carbons (Fsp3) is 0.375. The Morgan fingerprint density at radius 1 is 1.64 bits per heavy atom. The lowest BCUT2D eigenvalue weighted by atomic mass is 10.2. The number of ether oxygens (including phenoxy) is 1. The molecule has 0 aliphatic carbocycles. The van der Waals surface area contributed by atoms with E-state index in [1.807, 2.05) is 19.1 Å². The third-order valence-electron chi connectivity index (χ3n) is 1.70. The molecule has 0 spiro atoms. The van der Waals surface area contributed by atoms with Crippen molar-refractivity contribution in [2.24, 2.45) is 0 Å². The normalized spacial score (nSPS) is 21.8. The van der Waals surface area contributed by atoms with Crippen LogP contribution in [0.1, 0.15) is 17.4 Å². The van der Waals surface area contributed by atoms with E-state index in [1.54, 1.807) is 0 Å². The average Bonchev–Trinajstić information content (AvgIpc) is 2.70. The Balaban J connectivity index is 2.39. The molecule has 0 amide bonds. The van der Waals surface area contributed by atoms with Crippen LogP contribution in [0, 0.1) is 6.92 Å². The summed E-state index contributed by atoms with van der Waals surface area (Å²) >= 11 is 5.87.